The van der Waals surface area contributed by atoms with E-state index in [2.05, 4.69) is 89.5 Å². The van der Waals surface area contributed by atoms with Gasteiger partial charge in [0, 0.05) is 39.0 Å². The molecule has 158 valence electrons. The minimum absolute atomic E-state index is 1.40. The second-order valence-electron chi connectivity index (χ2n) is 10.0. The van der Waals surface area contributed by atoms with E-state index in [1.54, 1.807) is 10.4 Å². The number of hydrogen-bond donors (Lipinski definition) is 0. The number of aryl methyl sites for hydroxylation is 2. The summed E-state index contributed by atoms with van der Waals surface area (Å²) in [6, 6.07) is 14.2. The predicted molar refractivity (Wildman–Crippen MR) is 150 cm³/mol. The standard InChI is InChI=1S/C24H30S4Si2/c1-15-9-11-17(25-15)23-21(29(3,4)5)13-19(27-23)20-14-22(30(6,7)8)24(28-20)18-12-10-16(2)26-18/h9-14H,1-8H3. The molecule has 0 atom stereocenters. The Morgan fingerprint density at radius 3 is 1.13 bits per heavy atom. The minimum atomic E-state index is -1.44. The van der Waals surface area contributed by atoms with Crippen molar-refractivity contribution in [1.29, 1.82) is 0 Å². The predicted octanol–water partition coefficient (Wildman–Crippen LogP) is 8.64. The highest BCUT2D eigenvalue weighted by Gasteiger charge is 2.28. The molecule has 0 fully saturated rings. The molecule has 0 saturated heterocycles. The number of thiophene rings is 4. The van der Waals surface area contributed by atoms with Crippen molar-refractivity contribution in [2.24, 2.45) is 0 Å². The molecule has 4 aromatic rings. The van der Waals surface area contributed by atoms with Gasteiger partial charge in [0.25, 0.3) is 0 Å². The monoisotopic (exact) mass is 502 g/mol. The summed E-state index contributed by atoms with van der Waals surface area (Å²) in [5, 5.41) is 3.22. The van der Waals surface area contributed by atoms with Gasteiger partial charge >= 0.3 is 0 Å². The molecule has 0 aromatic carbocycles. The highest BCUT2D eigenvalue weighted by Crippen LogP contribution is 2.43. The van der Waals surface area contributed by atoms with Crippen LogP contribution < -0.4 is 10.4 Å². The fraction of sp³-hybridized carbons (Fsp3) is 0.333. The first-order valence-electron chi connectivity index (χ1n) is 10.4. The van der Waals surface area contributed by atoms with Crippen molar-refractivity contribution >= 4 is 71.9 Å². The Kier molecular flexibility index (Phi) is 5.96. The molecule has 0 aliphatic rings. The lowest BCUT2D eigenvalue weighted by Gasteiger charge is -2.16. The second-order valence-corrected chi connectivity index (χ2v) is 24.8. The van der Waals surface area contributed by atoms with Crippen molar-refractivity contribution in [2.45, 2.75) is 53.1 Å². The average Bonchev–Trinajstić information content (AvgIpc) is 3.37. The lowest BCUT2D eigenvalue weighted by atomic mass is 10.3. The van der Waals surface area contributed by atoms with E-state index in [1.165, 1.54) is 39.0 Å². The first-order valence-corrected chi connectivity index (χ1v) is 20.6. The summed E-state index contributed by atoms with van der Waals surface area (Å²) in [6.07, 6.45) is 0. The molecule has 0 saturated carbocycles. The van der Waals surface area contributed by atoms with Gasteiger partial charge in [0.2, 0.25) is 0 Å². The number of hydrogen-bond acceptors (Lipinski definition) is 4. The lowest BCUT2D eigenvalue weighted by molar-refractivity contribution is 1.64. The van der Waals surface area contributed by atoms with Crippen LogP contribution in [-0.4, -0.2) is 16.1 Å². The molecule has 0 nitrogen and oxygen atoms in total. The Hall–Kier alpha value is -0.766. The van der Waals surface area contributed by atoms with Crippen LogP contribution in [0.1, 0.15) is 9.75 Å². The van der Waals surface area contributed by atoms with Crippen LogP contribution in [0.2, 0.25) is 39.3 Å². The Balaban J connectivity index is 1.89. The van der Waals surface area contributed by atoms with E-state index < -0.39 is 16.1 Å². The summed E-state index contributed by atoms with van der Waals surface area (Å²) in [5.41, 5.74) is 0. The average molecular weight is 503 g/mol. The van der Waals surface area contributed by atoms with Gasteiger partial charge in [-0.05, 0) is 60.6 Å². The van der Waals surface area contributed by atoms with Crippen molar-refractivity contribution in [3.63, 3.8) is 0 Å². The summed E-state index contributed by atoms with van der Waals surface area (Å²) in [7, 11) is -2.87. The molecule has 0 aliphatic heterocycles. The van der Waals surface area contributed by atoms with Gasteiger partial charge in [0.15, 0.2) is 0 Å². The Bertz CT molecular complexity index is 1090. The van der Waals surface area contributed by atoms with Gasteiger partial charge < -0.3 is 0 Å². The first-order chi connectivity index (χ1) is 13.9. The Morgan fingerprint density at radius 2 is 0.867 bits per heavy atom. The fourth-order valence-electron chi connectivity index (χ4n) is 3.62. The summed E-state index contributed by atoms with van der Waals surface area (Å²) in [6.45, 7) is 19.3. The van der Waals surface area contributed by atoms with Crippen molar-refractivity contribution in [2.75, 3.05) is 0 Å². The van der Waals surface area contributed by atoms with Crippen LogP contribution in [-0.2, 0) is 0 Å². The summed E-state index contributed by atoms with van der Waals surface area (Å²) in [4.78, 5) is 11.6. The Labute approximate surface area is 199 Å². The molecule has 30 heavy (non-hydrogen) atoms. The molecule has 0 unspecified atom stereocenters. The molecule has 0 radical (unpaired) electrons. The molecule has 0 N–H and O–H groups in total. The summed E-state index contributed by atoms with van der Waals surface area (Å²) in [5.74, 6) is 0. The molecule has 0 aliphatic carbocycles. The third-order valence-corrected chi connectivity index (χ3v) is 14.5. The minimum Gasteiger partial charge on any atom is -0.140 e. The van der Waals surface area contributed by atoms with E-state index in [4.69, 9.17) is 0 Å². The topological polar surface area (TPSA) is 0 Å². The van der Waals surface area contributed by atoms with Gasteiger partial charge in [-0.3, -0.25) is 0 Å². The zero-order chi connectivity index (χ0) is 21.8. The zero-order valence-corrected chi connectivity index (χ0v) is 24.4. The maximum Gasteiger partial charge on any atom is 0.0795 e. The van der Waals surface area contributed by atoms with Crippen LogP contribution >= 0.6 is 45.3 Å². The summed E-state index contributed by atoms with van der Waals surface area (Å²) >= 11 is 7.90. The van der Waals surface area contributed by atoms with E-state index in [0.717, 1.165) is 0 Å². The van der Waals surface area contributed by atoms with Gasteiger partial charge in [-0.1, -0.05) is 39.3 Å². The van der Waals surface area contributed by atoms with Crippen LogP contribution in [0.15, 0.2) is 36.4 Å². The zero-order valence-electron chi connectivity index (χ0n) is 19.1. The molecule has 0 bridgehead atoms. The van der Waals surface area contributed by atoms with Crippen molar-refractivity contribution < 1.29 is 0 Å². The Morgan fingerprint density at radius 1 is 0.500 bits per heavy atom. The molecule has 4 aromatic heterocycles. The van der Waals surface area contributed by atoms with E-state index in [9.17, 15) is 0 Å². The highest BCUT2D eigenvalue weighted by molar-refractivity contribution is 7.30. The van der Waals surface area contributed by atoms with Crippen molar-refractivity contribution in [3.8, 4) is 29.3 Å². The summed E-state index contributed by atoms with van der Waals surface area (Å²) < 4.78 is 0. The van der Waals surface area contributed by atoms with Crippen LogP contribution in [0.5, 0.6) is 0 Å². The molecule has 0 spiro atoms. The van der Waals surface area contributed by atoms with E-state index in [0.29, 0.717) is 0 Å². The smallest absolute Gasteiger partial charge is 0.0795 e. The van der Waals surface area contributed by atoms with Gasteiger partial charge in [-0.2, -0.15) is 0 Å². The van der Waals surface area contributed by atoms with Gasteiger partial charge in [-0.25, -0.2) is 0 Å². The SMILES string of the molecule is Cc1ccc(-c2sc(-c3cc([Si](C)(C)C)c(-c4ccc(C)s4)s3)cc2[Si](C)(C)C)s1. The molecular weight excluding hydrogens is 473 g/mol. The van der Waals surface area contributed by atoms with E-state index in [1.807, 2.05) is 45.3 Å². The van der Waals surface area contributed by atoms with Crippen LogP contribution in [0.4, 0.5) is 0 Å². The lowest BCUT2D eigenvalue weighted by Crippen LogP contribution is -2.37. The van der Waals surface area contributed by atoms with Crippen molar-refractivity contribution in [3.05, 3.63) is 46.2 Å². The van der Waals surface area contributed by atoms with Crippen LogP contribution in [0.3, 0.4) is 0 Å². The fourth-order valence-corrected chi connectivity index (χ4v) is 13.1. The second kappa shape index (κ2) is 7.98. The third kappa shape index (κ3) is 4.40. The van der Waals surface area contributed by atoms with Gasteiger partial charge in [-0.15, -0.1) is 45.3 Å². The van der Waals surface area contributed by atoms with Crippen LogP contribution in [0.25, 0.3) is 29.3 Å². The maximum absolute atomic E-state index is 2.53. The largest absolute Gasteiger partial charge is 0.140 e. The normalized spacial score (nSPS) is 12.7. The molecule has 0 amide bonds. The van der Waals surface area contributed by atoms with Gasteiger partial charge in [0.05, 0.1) is 16.1 Å². The molecular formula is C24H30S4Si2. The molecule has 6 heteroatoms. The maximum atomic E-state index is 2.53. The van der Waals surface area contributed by atoms with E-state index in [-0.39, 0.29) is 0 Å². The third-order valence-electron chi connectivity index (χ3n) is 5.25. The molecule has 4 heterocycles. The van der Waals surface area contributed by atoms with Crippen molar-refractivity contribution in [1.82, 2.24) is 0 Å². The first kappa shape index (κ1) is 22.4. The highest BCUT2D eigenvalue weighted by atomic mass is 32.1. The van der Waals surface area contributed by atoms with Gasteiger partial charge in [0.1, 0.15) is 0 Å². The van der Waals surface area contributed by atoms with E-state index >= 15 is 0 Å². The van der Waals surface area contributed by atoms with Crippen LogP contribution in [0, 0.1) is 13.8 Å². The quantitative estimate of drug-likeness (QED) is 0.239. The molecule has 4 rings (SSSR count). The number of rotatable bonds is 5.